The van der Waals surface area contributed by atoms with Gasteiger partial charge in [-0.05, 0) is 48.8 Å². The summed E-state index contributed by atoms with van der Waals surface area (Å²) in [4.78, 5) is 4.91. The van der Waals surface area contributed by atoms with Gasteiger partial charge < -0.3 is 5.73 Å². The molecule has 2 heterocycles. The third kappa shape index (κ3) is 2.29. The predicted octanol–water partition coefficient (Wildman–Crippen LogP) is 4.03. The van der Waals surface area contributed by atoms with Crippen molar-refractivity contribution in [1.29, 1.82) is 0 Å². The molecule has 1 aliphatic rings. The van der Waals surface area contributed by atoms with Crippen molar-refractivity contribution in [2.24, 2.45) is 5.92 Å². The average molecular weight is 306 g/mol. The standard InChI is InChI=1S/C19H22N4/c1-11-6-5-9-14-15(10-11)16-18(20)22-23-19(16)21-17(14)13-8-4-3-7-12(13)2/h3-4,7-8,11H,5-6,9-10H2,1-2H3,(H3,20,21,22,23). The molecule has 2 aromatic heterocycles. The van der Waals surface area contributed by atoms with Crippen LogP contribution < -0.4 is 5.73 Å². The minimum Gasteiger partial charge on any atom is -0.382 e. The maximum Gasteiger partial charge on any atom is 0.158 e. The molecule has 1 aromatic carbocycles. The minimum absolute atomic E-state index is 0.578. The number of fused-ring (bicyclic) bond motifs is 3. The first-order chi connectivity index (χ1) is 11.1. The average Bonchev–Trinajstić information content (AvgIpc) is 2.79. The van der Waals surface area contributed by atoms with Crippen molar-refractivity contribution < 1.29 is 0 Å². The maximum absolute atomic E-state index is 6.13. The van der Waals surface area contributed by atoms with Gasteiger partial charge in [0.05, 0.1) is 11.1 Å². The summed E-state index contributed by atoms with van der Waals surface area (Å²) >= 11 is 0. The summed E-state index contributed by atoms with van der Waals surface area (Å²) in [6, 6.07) is 8.47. The van der Waals surface area contributed by atoms with Crippen LogP contribution in [0.15, 0.2) is 24.3 Å². The van der Waals surface area contributed by atoms with Crippen LogP contribution in [0.3, 0.4) is 0 Å². The highest BCUT2D eigenvalue weighted by Gasteiger charge is 2.23. The Morgan fingerprint density at radius 1 is 1.22 bits per heavy atom. The van der Waals surface area contributed by atoms with Gasteiger partial charge in [-0.25, -0.2) is 4.98 Å². The fourth-order valence-corrected chi connectivity index (χ4v) is 3.83. The van der Waals surface area contributed by atoms with E-state index < -0.39 is 0 Å². The van der Waals surface area contributed by atoms with Crippen molar-refractivity contribution in [3.05, 3.63) is 41.0 Å². The Labute approximate surface area is 136 Å². The number of pyridine rings is 1. The molecule has 1 atom stereocenters. The molecule has 0 saturated carbocycles. The van der Waals surface area contributed by atoms with Crippen LogP contribution in [0, 0.1) is 12.8 Å². The van der Waals surface area contributed by atoms with E-state index in [4.69, 9.17) is 10.7 Å². The molecular formula is C19H22N4. The van der Waals surface area contributed by atoms with Gasteiger partial charge >= 0.3 is 0 Å². The fraction of sp³-hybridized carbons (Fsp3) is 0.368. The number of nitrogens with two attached hydrogens (primary N) is 1. The molecule has 0 saturated heterocycles. The Morgan fingerprint density at radius 2 is 2.04 bits per heavy atom. The van der Waals surface area contributed by atoms with E-state index in [1.165, 1.54) is 35.1 Å². The van der Waals surface area contributed by atoms with E-state index in [2.05, 4.69) is 48.3 Å². The molecule has 3 N–H and O–H groups in total. The summed E-state index contributed by atoms with van der Waals surface area (Å²) < 4.78 is 0. The molecule has 0 aliphatic heterocycles. The van der Waals surface area contributed by atoms with Crippen molar-refractivity contribution >= 4 is 16.9 Å². The van der Waals surface area contributed by atoms with Crippen LogP contribution in [0.25, 0.3) is 22.3 Å². The summed E-state index contributed by atoms with van der Waals surface area (Å²) in [5, 5.41) is 8.26. The van der Waals surface area contributed by atoms with Crippen molar-refractivity contribution in [3.8, 4) is 11.3 Å². The van der Waals surface area contributed by atoms with Gasteiger partial charge in [0, 0.05) is 5.56 Å². The van der Waals surface area contributed by atoms with Crippen LogP contribution >= 0.6 is 0 Å². The Bertz CT molecular complexity index is 878. The van der Waals surface area contributed by atoms with E-state index in [0.29, 0.717) is 11.7 Å². The molecule has 1 unspecified atom stereocenters. The molecule has 0 amide bonds. The van der Waals surface area contributed by atoms with Crippen LogP contribution in [0.1, 0.15) is 36.5 Å². The number of nitrogens with zero attached hydrogens (tertiary/aromatic N) is 2. The topological polar surface area (TPSA) is 67.6 Å². The molecule has 118 valence electrons. The monoisotopic (exact) mass is 306 g/mol. The van der Waals surface area contributed by atoms with Gasteiger partial charge in [0.1, 0.15) is 0 Å². The van der Waals surface area contributed by atoms with Crippen molar-refractivity contribution in [2.75, 3.05) is 5.73 Å². The Balaban J connectivity index is 2.06. The molecule has 0 bridgehead atoms. The molecular weight excluding hydrogens is 284 g/mol. The number of aromatic nitrogens is 3. The van der Waals surface area contributed by atoms with Gasteiger partial charge in [0.2, 0.25) is 0 Å². The summed E-state index contributed by atoms with van der Waals surface area (Å²) in [5.74, 6) is 1.25. The summed E-state index contributed by atoms with van der Waals surface area (Å²) in [5.41, 5.74) is 13.2. The van der Waals surface area contributed by atoms with Gasteiger partial charge in [0.15, 0.2) is 11.5 Å². The zero-order valence-corrected chi connectivity index (χ0v) is 13.7. The highest BCUT2D eigenvalue weighted by Crippen LogP contribution is 2.37. The molecule has 0 fully saturated rings. The first-order valence-corrected chi connectivity index (χ1v) is 8.36. The van der Waals surface area contributed by atoms with Gasteiger partial charge in [-0.1, -0.05) is 37.6 Å². The Kier molecular flexibility index (Phi) is 3.33. The van der Waals surface area contributed by atoms with E-state index in [0.717, 1.165) is 29.6 Å². The number of aryl methyl sites for hydroxylation is 1. The summed E-state index contributed by atoms with van der Waals surface area (Å²) in [6.45, 7) is 4.47. The Hall–Kier alpha value is -2.36. The van der Waals surface area contributed by atoms with E-state index >= 15 is 0 Å². The lowest BCUT2D eigenvalue weighted by Crippen LogP contribution is -2.03. The summed E-state index contributed by atoms with van der Waals surface area (Å²) in [7, 11) is 0. The van der Waals surface area contributed by atoms with Crippen LogP contribution in [0.5, 0.6) is 0 Å². The maximum atomic E-state index is 6.13. The van der Waals surface area contributed by atoms with Gasteiger partial charge in [-0.3, -0.25) is 5.10 Å². The molecule has 4 heteroatoms. The van der Waals surface area contributed by atoms with Crippen LogP contribution in [-0.4, -0.2) is 15.2 Å². The lowest BCUT2D eigenvalue weighted by atomic mass is 9.92. The SMILES string of the molecule is Cc1ccccc1-c1nc2[nH]nc(N)c2c2c1CCCC(C)C2. The quantitative estimate of drug-likeness (QED) is 0.667. The molecule has 23 heavy (non-hydrogen) atoms. The number of aromatic amines is 1. The Morgan fingerprint density at radius 3 is 2.87 bits per heavy atom. The number of H-pyrrole nitrogens is 1. The summed E-state index contributed by atoms with van der Waals surface area (Å²) in [6.07, 6.45) is 4.58. The zero-order chi connectivity index (χ0) is 16.0. The highest BCUT2D eigenvalue weighted by molar-refractivity contribution is 5.93. The number of rotatable bonds is 1. The smallest absolute Gasteiger partial charge is 0.158 e. The number of hydrogen-bond acceptors (Lipinski definition) is 3. The fourth-order valence-electron chi connectivity index (χ4n) is 3.83. The predicted molar refractivity (Wildman–Crippen MR) is 94.3 cm³/mol. The van der Waals surface area contributed by atoms with Gasteiger partial charge in [0.25, 0.3) is 0 Å². The number of benzene rings is 1. The van der Waals surface area contributed by atoms with E-state index in [-0.39, 0.29) is 0 Å². The third-order valence-electron chi connectivity index (χ3n) is 5.03. The van der Waals surface area contributed by atoms with Crippen LogP contribution in [0.2, 0.25) is 0 Å². The second-order valence-electron chi connectivity index (χ2n) is 6.77. The number of hydrogen-bond donors (Lipinski definition) is 2. The zero-order valence-electron chi connectivity index (χ0n) is 13.7. The lowest BCUT2D eigenvalue weighted by Gasteiger charge is -2.15. The number of nitrogens with one attached hydrogen (secondary N) is 1. The minimum atomic E-state index is 0.578. The second kappa shape index (κ2) is 5.37. The van der Waals surface area contributed by atoms with Crippen LogP contribution in [-0.2, 0) is 12.8 Å². The van der Waals surface area contributed by atoms with Crippen molar-refractivity contribution in [2.45, 2.75) is 39.5 Å². The largest absolute Gasteiger partial charge is 0.382 e. The highest BCUT2D eigenvalue weighted by atomic mass is 15.2. The third-order valence-corrected chi connectivity index (χ3v) is 5.03. The molecule has 4 rings (SSSR count). The van der Waals surface area contributed by atoms with E-state index in [1.807, 2.05) is 0 Å². The van der Waals surface area contributed by atoms with Crippen molar-refractivity contribution in [3.63, 3.8) is 0 Å². The number of anilines is 1. The van der Waals surface area contributed by atoms with E-state index in [9.17, 15) is 0 Å². The van der Waals surface area contributed by atoms with E-state index in [1.54, 1.807) is 0 Å². The molecule has 1 aliphatic carbocycles. The molecule has 3 aromatic rings. The molecule has 0 radical (unpaired) electrons. The van der Waals surface area contributed by atoms with Gasteiger partial charge in [-0.2, -0.15) is 5.10 Å². The van der Waals surface area contributed by atoms with Gasteiger partial charge in [-0.15, -0.1) is 0 Å². The normalized spacial score (nSPS) is 17.9. The first-order valence-electron chi connectivity index (χ1n) is 8.36. The van der Waals surface area contributed by atoms with Crippen LogP contribution in [0.4, 0.5) is 5.82 Å². The molecule has 4 nitrogen and oxygen atoms in total. The first kappa shape index (κ1) is 14.2. The second-order valence-corrected chi connectivity index (χ2v) is 6.77. The lowest BCUT2D eigenvalue weighted by molar-refractivity contribution is 0.527. The van der Waals surface area contributed by atoms with Crippen molar-refractivity contribution in [1.82, 2.24) is 15.2 Å². The molecule has 0 spiro atoms. The number of nitrogen functional groups attached to an aromatic ring is 1.